The minimum Gasteiger partial charge on any atom is -0.469 e. The standard InChI is InChI=1S/C13H17N3O3S/c1-7(2)14-11(17)9(4)20-13-16-15-12(19-13)10-5-6-18-8(10)3/h5-7,9H,1-4H3,(H,14,17)/t9-/m1/s1. The molecule has 0 aliphatic rings. The maximum atomic E-state index is 11.8. The number of carbonyl (C=O) groups excluding carboxylic acids is 1. The number of hydrogen-bond acceptors (Lipinski definition) is 6. The minimum absolute atomic E-state index is 0.0516. The molecule has 6 nitrogen and oxygen atoms in total. The van der Waals surface area contributed by atoms with Gasteiger partial charge < -0.3 is 14.2 Å². The monoisotopic (exact) mass is 295 g/mol. The van der Waals surface area contributed by atoms with Crippen molar-refractivity contribution in [3.8, 4) is 11.5 Å². The quantitative estimate of drug-likeness (QED) is 0.854. The van der Waals surface area contributed by atoms with Crippen molar-refractivity contribution in [2.24, 2.45) is 0 Å². The Morgan fingerprint density at radius 1 is 1.35 bits per heavy atom. The molecule has 0 unspecified atom stereocenters. The first kappa shape index (κ1) is 14.6. The number of thioether (sulfide) groups is 1. The Hall–Kier alpha value is -1.76. The van der Waals surface area contributed by atoms with Crippen LogP contribution in [-0.4, -0.2) is 27.4 Å². The highest BCUT2D eigenvalue weighted by Crippen LogP contribution is 2.28. The summed E-state index contributed by atoms with van der Waals surface area (Å²) in [6, 6.07) is 1.88. The molecule has 20 heavy (non-hydrogen) atoms. The first-order chi connectivity index (χ1) is 9.47. The van der Waals surface area contributed by atoms with E-state index in [0.29, 0.717) is 11.1 Å². The van der Waals surface area contributed by atoms with Gasteiger partial charge in [0.1, 0.15) is 5.76 Å². The zero-order valence-electron chi connectivity index (χ0n) is 11.8. The fourth-order valence-electron chi connectivity index (χ4n) is 1.58. The number of aryl methyl sites for hydroxylation is 1. The van der Waals surface area contributed by atoms with Crippen molar-refractivity contribution < 1.29 is 13.6 Å². The van der Waals surface area contributed by atoms with Crippen LogP contribution >= 0.6 is 11.8 Å². The number of nitrogens with one attached hydrogen (secondary N) is 1. The van der Waals surface area contributed by atoms with Crippen LogP contribution in [0.5, 0.6) is 0 Å². The molecule has 0 saturated carbocycles. The Bertz CT molecular complexity index is 591. The molecular formula is C13H17N3O3S. The van der Waals surface area contributed by atoms with Gasteiger partial charge in [0.2, 0.25) is 5.91 Å². The summed E-state index contributed by atoms with van der Waals surface area (Å²) in [5.41, 5.74) is 0.767. The van der Waals surface area contributed by atoms with Crippen LogP contribution in [0.25, 0.3) is 11.5 Å². The molecule has 2 aromatic rings. The van der Waals surface area contributed by atoms with Gasteiger partial charge in [-0.05, 0) is 33.8 Å². The second-order valence-electron chi connectivity index (χ2n) is 4.69. The third kappa shape index (κ3) is 3.41. The molecule has 2 rings (SSSR count). The molecular weight excluding hydrogens is 278 g/mol. The van der Waals surface area contributed by atoms with Crippen molar-refractivity contribution in [3.05, 3.63) is 18.1 Å². The van der Waals surface area contributed by atoms with Crippen molar-refractivity contribution in [2.75, 3.05) is 0 Å². The largest absolute Gasteiger partial charge is 0.469 e. The van der Waals surface area contributed by atoms with Crippen LogP contribution in [0, 0.1) is 6.92 Å². The van der Waals surface area contributed by atoms with Gasteiger partial charge in [0.15, 0.2) is 0 Å². The van der Waals surface area contributed by atoms with Gasteiger partial charge >= 0.3 is 0 Å². The second-order valence-corrected chi connectivity index (χ2v) is 5.98. The third-order valence-corrected chi connectivity index (χ3v) is 3.51. The fourth-order valence-corrected chi connectivity index (χ4v) is 2.27. The third-order valence-electron chi connectivity index (χ3n) is 2.57. The molecule has 0 aromatic carbocycles. The van der Waals surface area contributed by atoms with Gasteiger partial charge in [-0.15, -0.1) is 10.2 Å². The number of carbonyl (C=O) groups is 1. The molecule has 7 heteroatoms. The normalized spacial score (nSPS) is 12.7. The summed E-state index contributed by atoms with van der Waals surface area (Å²) in [4.78, 5) is 11.8. The number of rotatable bonds is 5. The van der Waals surface area contributed by atoms with E-state index in [2.05, 4.69) is 15.5 Å². The van der Waals surface area contributed by atoms with Crippen LogP contribution in [0.15, 0.2) is 26.4 Å². The first-order valence-corrected chi connectivity index (χ1v) is 7.20. The SMILES string of the molecule is Cc1occc1-c1nnc(S[C@H](C)C(=O)NC(C)C)o1. The summed E-state index contributed by atoms with van der Waals surface area (Å²) < 4.78 is 10.7. The van der Waals surface area contributed by atoms with Crippen molar-refractivity contribution in [2.45, 2.75) is 44.2 Å². The first-order valence-electron chi connectivity index (χ1n) is 6.32. The highest BCUT2D eigenvalue weighted by Gasteiger charge is 2.20. The van der Waals surface area contributed by atoms with Crippen LogP contribution < -0.4 is 5.32 Å². The molecule has 0 radical (unpaired) electrons. The van der Waals surface area contributed by atoms with Gasteiger partial charge in [-0.2, -0.15) is 0 Å². The molecule has 2 aromatic heterocycles. The molecule has 0 aliphatic carbocycles. The van der Waals surface area contributed by atoms with Crippen molar-refractivity contribution >= 4 is 17.7 Å². The topological polar surface area (TPSA) is 81.2 Å². The van der Waals surface area contributed by atoms with Gasteiger partial charge in [0.05, 0.1) is 17.1 Å². The minimum atomic E-state index is -0.295. The Balaban J connectivity index is 2.03. The van der Waals surface area contributed by atoms with Gasteiger partial charge in [0.25, 0.3) is 11.1 Å². The molecule has 1 amide bonds. The Morgan fingerprint density at radius 2 is 2.10 bits per heavy atom. The van der Waals surface area contributed by atoms with Crippen LogP contribution in [0.3, 0.4) is 0 Å². The van der Waals surface area contributed by atoms with E-state index in [1.54, 1.807) is 19.3 Å². The highest BCUT2D eigenvalue weighted by atomic mass is 32.2. The van der Waals surface area contributed by atoms with Gasteiger partial charge in [-0.3, -0.25) is 4.79 Å². The van der Waals surface area contributed by atoms with Crippen LogP contribution in [0.2, 0.25) is 0 Å². The Morgan fingerprint density at radius 3 is 2.70 bits per heavy atom. The van der Waals surface area contributed by atoms with E-state index in [1.807, 2.05) is 20.8 Å². The molecule has 0 aliphatic heterocycles. The smallest absolute Gasteiger partial charge is 0.277 e. The van der Waals surface area contributed by atoms with Crippen LogP contribution in [0.1, 0.15) is 26.5 Å². The van der Waals surface area contributed by atoms with E-state index in [1.165, 1.54) is 11.8 Å². The van der Waals surface area contributed by atoms with Gasteiger partial charge in [-0.25, -0.2) is 0 Å². The Kier molecular flexibility index (Phi) is 4.49. The lowest BCUT2D eigenvalue weighted by atomic mass is 10.3. The molecule has 108 valence electrons. The second kappa shape index (κ2) is 6.13. The van der Waals surface area contributed by atoms with Gasteiger partial charge in [0, 0.05) is 6.04 Å². The fraction of sp³-hybridized carbons (Fsp3) is 0.462. The van der Waals surface area contributed by atoms with E-state index in [-0.39, 0.29) is 17.2 Å². The summed E-state index contributed by atoms with van der Waals surface area (Å²) in [6.07, 6.45) is 1.57. The zero-order chi connectivity index (χ0) is 14.7. The van der Waals surface area contributed by atoms with Crippen molar-refractivity contribution in [1.29, 1.82) is 0 Å². The summed E-state index contributed by atoms with van der Waals surface area (Å²) in [6.45, 7) is 7.46. The summed E-state index contributed by atoms with van der Waals surface area (Å²) in [7, 11) is 0. The lowest BCUT2D eigenvalue weighted by Gasteiger charge is -2.12. The average Bonchev–Trinajstić information content (AvgIpc) is 2.97. The molecule has 0 bridgehead atoms. The number of amides is 1. The maximum Gasteiger partial charge on any atom is 0.277 e. The van der Waals surface area contributed by atoms with Crippen LogP contribution in [-0.2, 0) is 4.79 Å². The van der Waals surface area contributed by atoms with Crippen molar-refractivity contribution in [3.63, 3.8) is 0 Å². The van der Waals surface area contributed by atoms with E-state index < -0.39 is 0 Å². The van der Waals surface area contributed by atoms with Crippen molar-refractivity contribution in [1.82, 2.24) is 15.5 Å². The molecule has 1 atom stereocenters. The number of hydrogen-bond donors (Lipinski definition) is 1. The molecule has 1 N–H and O–H groups in total. The summed E-state index contributed by atoms with van der Waals surface area (Å²) >= 11 is 1.23. The van der Waals surface area contributed by atoms with Gasteiger partial charge in [-0.1, -0.05) is 11.8 Å². The zero-order valence-corrected chi connectivity index (χ0v) is 12.7. The Labute approximate surface area is 121 Å². The number of nitrogens with zero attached hydrogens (tertiary/aromatic N) is 2. The van der Waals surface area contributed by atoms with E-state index in [9.17, 15) is 4.79 Å². The lowest BCUT2D eigenvalue weighted by Crippen LogP contribution is -2.35. The number of aromatic nitrogens is 2. The van der Waals surface area contributed by atoms with E-state index in [4.69, 9.17) is 8.83 Å². The average molecular weight is 295 g/mol. The summed E-state index contributed by atoms with van der Waals surface area (Å²) in [5.74, 6) is 1.07. The van der Waals surface area contributed by atoms with E-state index >= 15 is 0 Å². The predicted octanol–water partition coefficient (Wildman–Crippen LogP) is 2.64. The van der Waals surface area contributed by atoms with E-state index in [0.717, 1.165) is 11.3 Å². The summed E-state index contributed by atoms with van der Waals surface area (Å²) in [5, 5.41) is 10.8. The molecule has 0 spiro atoms. The highest BCUT2D eigenvalue weighted by molar-refractivity contribution is 8.00. The number of furan rings is 1. The molecule has 2 heterocycles. The maximum absolute atomic E-state index is 11.8. The molecule has 0 fully saturated rings. The molecule has 0 saturated heterocycles. The predicted molar refractivity (Wildman–Crippen MR) is 75.3 cm³/mol. The van der Waals surface area contributed by atoms with Crippen LogP contribution in [0.4, 0.5) is 0 Å². The lowest BCUT2D eigenvalue weighted by molar-refractivity contribution is -0.120.